The summed E-state index contributed by atoms with van der Waals surface area (Å²) in [7, 11) is -2.62. The van der Waals surface area contributed by atoms with Crippen molar-refractivity contribution >= 4 is 27.4 Å². The SMILES string of the molecule is CCCCn1c(N)c(N(C)C(=O)C2CCN(S(=O)(=O)c3ccccc3F)CC2)c(=O)[nH]c1=O. The number of carbonyl (C=O) groups excluding carboxylic acids is 1. The normalized spacial score (nSPS) is 15.5. The number of nitrogens with zero attached hydrogens (tertiary/aromatic N) is 3. The van der Waals surface area contributed by atoms with Crippen LogP contribution in [0.1, 0.15) is 32.6 Å². The van der Waals surface area contributed by atoms with Gasteiger partial charge in [0.1, 0.15) is 16.5 Å². The van der Waals surface area contributed by atoms with Crippen molar-refractivity contribution in [3.05, 3.63) is 50.9 Å². The second-order valence-corrected chi connectivity index (χ2v) is 9.91. The van der Waals surface area contributed by atoms with Gasteiger partial charge >= 0.3 is 5.69 Å². The molecule has 3 N–H and O–H groups in total. The lowest BCUT2D eigenvalue weighted by atomic mass is 9.96. The van der Waals surface area contributed by atoms with Crippen LogP contribution in [0.3, 0.4) is 0 Å². The van der Waals surface area contributed by atoms with E-state index in [1.165, 1.54) is 29.8 Å². The van der Waals surface area contributed by atoms with Crippen LogP contribution in [0.4, 0.5) is 15.9 Å². The fraction of sp³-hybridized carbons (Fsp3) is 0.476. The summed E-state index contributed by atoms with van der Waals surface area (Å²) in [5.41, 5.74) is 4.56. The minimum atomic E-state index is -4.03. The van der Waals surface area contributed by atoms with Crippen LogP contribution in [-0.2, 0) is 21.4 Å². The summed E-state index contributed by atoms with van der Waals surface area (Å²) in [5, 5.41) is 0. The first kappa shape index (κ1) is 24.6. The van der Waals surface area contributed by atoms with Crippen molar-refractivity contribution in [1.29, 1.82) is 0 Å². The highest BCUT2D eigenvalue weighted by molar-refractivity contribution is 7.89. The number of nitrogen functional groups attached to an aromatic ring is 1. The molecule has 0 aliphatic carbocycles. The van der Waals surface area contributed by atoms with Gasteiger partial charge in [-0.05, 0) is 31.4 Å². The first-order valence-electron chi connectivity index (χ1n) is 10.7. The highest BCUT2D eigenvalue weighted by Crippen LogP contribution is 2.27. The van der Waals surface area contributed by atoms with Gasteiger partial charge in [-0.3, -0.25) is 19.1 Å². The maximum Gasteiger partial charge on any atom is 0.330 e. The van der Waals surface area contributed by atoms with Gasteiger partial charge in [-0.1, -0.05) is 25.5 Å². The molecule has 0 spiro atoms. The molecule has 2 heterocycles. The summed E-state index contributed by atoms with van der Waals surface area (Å²) in [5.74, 6) is -1.89. The number of aromatic nitrogens is 2. The van der Waals surface area contributed by atoms with Gasteiger partial charge in [-0.15, -0.1) is 0 Å². The van der Waals surface area contributed by atoms with E-state index in [1.807, 2.05) is 6.92 Å². The minimum Gasteiger partial charge on any atom is -0.383 e. The number of H-pyrrole nitrogens is 1. The molecule has 1 aliphatic rings. The molecule has 0 radical (unpaired) electrons. The Kier molecular flexibility index (Phi) is 7.38. The number of hydrogen-bond donors (Lipinski definition) is 2. The number of unbranched alkanes of at least 4 members (excludes halogenated alkanes) is 1. The molecule has 180 valence electrons. The fourth-order valence-corrected chi connectivity index (χ4v) is 5.49. The Hall–Kier alpha value is -2.99. The van der Waals surface area contributed by atoms with Crippen LogP contribution in [0, 0.1) is 11.7 Å². The van der Waals surface area contributed by atoms with Gasteiger partial charge in [0.05, 0.1) is 0 Å². The van der Waals surface area contributed by atoms with E-state index in [4.69, 9.17) is 5.73 Å². The van der Waals surface area contributed by atoms with Crippen LogP contribution in [0.15, 0.2) is 38.8 Å². The zero-order valence-corrected chi connectivity index (χ0v) is 19.4. The molecule has 1 fully saturated rings. The average Bonchev–Trinajstić information content (AvgIpc) is 2.78. The van der Waals surface area contributed by atoms with Crippen molar-refractivity contribution in [2.45, 2.75) is 44.0 Å². The first-order valence-corrected chi connectivity index (χ1v) is 12.2. The van der Waals surface area contributed by atoms with Gasteiger partial charge in [0.25, 0.3) is 5.56 Å². The van der Waals surface area contributed by atoms with Crippen molar-refractivity contribution in [2.24, 2.45) is 5.92 Å². The Morgan fingerprint density at radius 2 is 1.88 bits per heavy atom. The number of anilines is 2. The fourth-order valence-electron chi connectivity index (χ4n) is 3.96. The minimum absolute atomic E-state index is 0.0305. The largest absolute Gasteiger partial charge is 0.383 e. The van der Waals surface area contributed by atoms with Crippen molar-refractivity contribution in [1.82, 2.24) is 13.9 Å². The van der Waals surface area contributed by atoms with Gasteiger partial charge in [0, 0.05) is 32.6 Å². The number of halogens is 1. The number of aromatic amines is 1. The molecule has 0 atom stereocenters. The monoisotopic (exact) mass is 481 g/mol. The number of sulfonamides is 1. The Labute approximate surface area is 190 Å². The van der Waals surface area contributed by atoms with Crippen LogP contribution in [-0.4, -0.2) is 48.3 Å². The maximum absolute atomic E-state index is 14.0. The van der Waals surface area contributed by atoms with Crippen LogP contribution in [0.2, 0.25) is 0 Å². The van der Waals surface area contributed by atoms with Crippen LogP contribution >= 0.6 is 0 Å². The molecule has 1 amide bonds. The van der Waals surface area contributed by atoms with E-state index < -0.39 is 43.8 Å². The second-order valence-electron chi connectivity index (χ2n) is 8.00. The number of hydrogen-bond acceptors (Lipinski definition) is 6. The van der Waals surface area contributed by atoms with E-state index in [1.54, 1.807) is 0 Å². The van der Waals surface area contributed by atoms with Gasteiger partial charge < -0.3 is 10.6 Å². The molecule has 1 aromatic carbocycles. The lowest BCUT2D eigenvalue weighted by molar-refractivity contribution is -0.123. The van der Waals surface area contributed by atoms with Crippen molar-refractivity contribution in [2.75, 3.05) is 30.8 Å². The number of piperidine rings is 1. The number of benzene rings is 1. The Morgan fingerprint density at radius 1 is 1.24 bits per heavy atom. The molecule has 1 saturated heterocycles. The molecule has 1 aliphatic heterocycles. The Balaban J connectivity index is 1.77. The molecule has 1 aromatic heterocycles. The highest BCUT2D eigenvalue weighted by Gasteiger charge is 2.35. The molecule has 0 saturated carbocycles. The number of nitrogens with one attached hydrogen (secondary N) is 1. The predicted molar refractivity (Wildman–Crippen MR) is 122 cm³/mol. The van der Waals surface area contributed by atoms with Crippen molar-refractivity contribution in [3.63, 3.8) is 0 Å². The topological polar surface area (TPSA) is 139 Å². The standard InChI is InChI=1S/C21H28FN5O5S/c1-3-4-11-27-18(23)17(19(28)24-21(27)30)25(2)20(29)14-9-12-26(13-10-14)33(31,32)16-8-6-5-7-15(16)22/h5-8,14H,3-4,9-13,23H2,1-2H3,(H,24,28,30). The summed E-state index contributed by atoms with van der Waals surface area (Å²) >= 11 is 0. The van der Waals surface area contributed by atoms with E-state index in [-0.39, 0.29) is 37.4 Å². The predicted octanol–water partition coefficient (Wildman–Crippen LogP) is 1.12. The lowest BCUT2D eigenvalue weighted by Gasteiger charge is -2.32. The number of nitrogens with two attached hydrogens (primary N) is 1. The van der Waals surface area contributed by atoms with Gasteiger partial charge in [0.15, 0.2) is 5.69 Å². The summed E-state index contributed by atoms with van der Waals surface area (Å²) in [6.07, 6.45) is 1.87. The maximum atomic E-state index is 14.0. The molecular formula is C21H28FN5O5S. The Bertz CT molecular complexity index is 1250. The summed E-state index contributed by atoms with van der Waals surface area (Å²) < 4.78 is 42.0. The zero-order chi connectivity index (χ0) is 24.3. The second kappa shape index (κ2) is 9.87. The van der Waals surface area contributed by atoms with Crippen molar-refractivity contribution < 1.29 is 17.6 Å². The van der Waals surface area contributed by atoms with E-state index in [9.17, 15) is 27.2 Å². The molecule has 0 unspecified atom stereocenters. The van der Waals surface area contributed by atoms with Crippen LogP contribution in [0.5, 0.6) is 0 Å². The van der Waals surface area contributed by atoms with E-state index in [0.717, 1.165) is 21.7 Å². The van der Waals surface area contributed by atoms with Crippen LogP contribution < -0.4 is 21.9 Å². The van der Waals surface area contributed by atoms with E-state index >= 15 is 0 Å². The van der Waals surface area contributed by atoms with Gasteiger partial charge in [-0.25, -0.2) is 17.6 Å². The number of carbonyl (C=O) groups is 1. The highest BCUT2D eigenvalue weighted by atomic mass is 32.2. The molecule has 10 nitrogen and oxygen atoms in total. The molecule has 3 rings (SSSR count). The summed E-state index contributed by atoms with van der Waals surface area (Å²) in [4.78, 5) is 40.6. The smallest absolute Gasteiger partial charge is 0.330 e. The Morgan fingerprint density at radius 3 is 2.48 bits per heavy atom. The molecule has 33 heavy (non-hydrogen) atoms. The molecular weight excluding hydrogens is 453 g/mol. The van der Waals surface area contributed by atoms with Gasteiger partial charge in [-0.2, -0.15) is 4.31 Å². The third-order valence-corrected chi connectivity index (χ3v) is 7.80. The van der Waals surface area contributed by atoms with Crippen LogP contribution in [0.25, 0.3) is 0 Å². The molecule has 2 aromatic rings. The lowest BCUT2D eigenvalue weighted by Crippen LogP contribution is -2.45. The quantitative estimate of drug-likeness (QED) is 0.608. The summed E-state index contributed by atoms with van der Waals surface area (Å²) in [6, 6.07) is 5.15. The van der Waals surface area contributed by atoms with Gasteiger partial charge in [0.2, 0.25) is 15.9 Å². The molecule has 12 heteroatoms. The average molecular weight is 482 g/mol. The third kappa shape index (κ3) is 4.86. The zero-order valence-electron chi connectivity index (χ0n) is 18.6. The molecule has 0 bridgehead atoms. The third-order valence-electron chi connectivity index (χ3n) is 5.87. The number of rotatable bonds is 7. The first-order chi connectivity index (χ1) is 15.6. The number of amides is 1. The van der Waals surface area contributed by atoms with E-state index in [2.05, 4.69) is 4.98 Å². The summed E-state index contributed by atoms with van der Waals surface area (Å²) in [6.45, 7) is 2.31. The van der Waals surface area contributed by atoms with Crippen molar-refractivity contribution in [3.8, 4) is 0 Å². The van der Waals surface area contributed by atoms with E-state index in [0.29, 0.717) is 13.0 Å².